The Labute approximate surface area is 135 Å². The van der Waals surface area contributed by atoms with E-state index in [0.717, 1.165) is 11.8 Å². The molecule has 2 saturated heterocycles. The number of phosphoric acid groups is 1. The van der Waals surface area contributed by atoms with Gasteiger partial charge in [0, 0.05) is 0 Å². The largest absolute Gasteiger partial charge is 0.790 e. The van der Waals surface area contributed by atoms with Crippen molar-refractivity contribution in [2.45, 2.75) is 43.9 Å². The Bertz CT molecular complexity index is 591. The first-order valence-corrected chi connectivity index (χ1v) is 8.28. The van der Waals surface area contributed by atoms with Gasteiger partial charge in [0.1, 0.15) is 24.4 Å². The van der Waals surface area contributed by atoms with Gasteiger partial charge in [0.25, 0.3) is 0 Å². The molecule has 3 amide bonds. The van der Waals surface area contributed by atoms with Crippen molar-refractivity contribution in [2.24, 2.45) is 0 Å². The van der Waals surface area contributed by atoms with E-state index in [4.69, 9.17) is 4.74 Å². The maximum atomic E-state index is 12.0. The maximum absolute atomic E-state index is 12.0. The molecule has 2 aliphatic heterocycles. The lowest BCUT2D eigenvalue weighted by Gasteiger charge is -2.38. The van der Waals surface area contributed by atoms with Crippen LogP contribution in [0.25, 0.3) is 0 Å². The number of nitrogens with one attached hydrogen (secondary N) is 1. The Morgan fingerprint density at radius 1 is 1.42 bits per heavy atom. The molecule has 2 heterocycles. The lowest BCUT2D eigenvalue weighted by Crippen LogP contribution is -2.62. The predicted molar refractivity (Wildman–Crippen MR) is 68.7 cm³/mol. The molecule has 12 nitrogen and oxygen atoms in total. The number of rotatable bonds is 5. The van der Waals surface area contributed by atoms with Crippen LogP contribution >= 0.6 is 7.82 Å². The van der Waals surface area contributed by atoms with E-state index in [1.54, 1.807) is 0 Å². The zero-order chi connectivity index (χ0) is 18.2. The van der Waals surface area contributed by atoms with E-state index in [1.807, 2.05) is 5.32 Å². The van der Waals surface area contributed by atoms with Crippen LogP contribution in [-0.2, 0) is 23.4 Å². The minimum atomic E-state index is -5.33. The summed E-state index contributed by atoms with van der Waals surface area (Å²) in [6.07, 6.45) is -6.72. The number of ketones is 1. The van der Waals surface area contributed by atoms with Crippen LogP contribution < -0.4 is 15.1 Å². The monoisotopic (exact) mass is 366 g/mol. The van der Waals surface area contributed by atoms with Crippen molar-refractivity contribution in [1.29, 1.82) is 0 Å². The topological polar surface area (TPSA) is 189 Å². The highest BCUT2D eigenvalue weighted by atomic mass is 31.2. The Morgan fingerprint density at radius 2 is 2.04 bits per heavy atom. The van der Waals surface area contributed by atoms with Gasteiger partial charge in [-0.25, -0.2) is 4.79 Å². The van der Waals surface area contributed by atoms with E-state index < -0.39 is 62.7 Å². The van der Waals surface area contributed by atoms with Crippen molar-refractivity contribution in [2.75, 3.05) is 6.61 Å². The molecule has 0 aliphatic carbocycles. The van der Waals surface area contributed by atoms with Gasteiger partial charge >= 0.3 is 6.03 Å². The molecule has 3 N–H and O–H groups in total. The Balaban J connectivity index is 2.17. The second kappa shape index (κ2) is 6.84. The standard InChI is InChI=1S/C11H17N2O10P/c1-4(14)5-2-7(15)12-11(18)13(5)10-9(17)8(16)6(23-10)3-22-24(19,20)21/h5-6,8-10,16-17H,2-3H2,1H3,(H,12,15,18)(H2,19,20,21)/p-2/t5-,6-,8-,9-,10-/m1/s1. The molecule has 0 spiro atoms. The second-order valence-electron chi connectivity index (χ2n) is 5.38. The van der Waals surface area contributed by atoms with E-state index in [-0.39, 0.29) is 6.42 Å². The van der Waals surface area contributed by atoms with Crippen LogP contribution in [0.15, 0.2) is 0 Å². The summed E-state index contributed by atoms with van der Waals surface area (Å²) in [4.78, 5) is 56.8. The van der Waals surface area contributed by atoms with Crippen molar-refractivity contribution < 1.29 is 48.2 Å². The summed E-state index contributed by atoms with van der Waals surface area (Å²) < 4.78 is 19.7. The molecule has 5 atom stereocenters. The smallest absolute Gasteiger partial charge is 0.326 e. The molecule has 2 aliphatic rings. The average molecular weight is 366 g/mol. The summed E-state index contributed by atoms with van der Waals surface area (Å²) in [6.45, 7) is 0.255. The number of amides is 3. The van der Waals surface area contributed by atoms with Crippen molar-refractivity contribution in [3.8, 4) is 0 Å². The number of carbonyl (C=O) groups is 3. The molecule has 136 valence electrons. The fourth-order valence-electron chi connectivity index (χ4n) is 2.54. The number of hydrogen-bond acceptors (Lipinski definition) is 10. The fraction of sp³-hybridized carbons (Fsp3) is 0.727. The first-order chi connectivity index (χ1) is 11.0. The van der Waals surface area contributed by atoms with E-state index in [0.29, 0.717) is 0 Å². The van der Waals surface area contributed by atoms with Gasteiger partial charge < -0.3 is 33.8 Å². The molecule has 2 fully saturated rings. The highest BCUT2D eigenvalue weighted by Gasteiger charge is 2.51. The van der Waals surface area contributed by atoms with E-state index in [1.165, 1.54) is 0 Å². The van der Waals surface area contributed by atoms with Crippen molar-refractivity contribution in [1.82, 2.24) is 10.2 Å². The number of hydrogen-bond donors (Lipinski definition) is 3. The number of aliphatic hydroxyl groups is 2. The molecule has 2 rings (SSSR count). The number of aliphatic hydroxyl groups excluding tert-OH is 2. The van der Waals surface area contributed by atoms with Crippen molar-refractivity contribution >= 4 is 25.5 Å². The van der Waals surface area contributed by atoms with Crippen LogP contribution in [0.1, 0.15) is 13.3 Å². The lowest BCUT2D eigenvalue weighted by atomic mass is 10.0. The molecule has 0 aromatic heterocycles. The van der Waals surface area contributed by atoms with Crippen LogP contribution in [0.4, 0.5) is 4.79 Å². The number of carbonyl (C=O) groups excluding carboxylic acids is 3. The van der Waals surface area contributed by atoms with Gasteiger partial charge in [-0.05, 0) is 6.92 Å². The number of phosphoric ester groups is 1. The van der Waals surface area contributed by atoms with Crippen LogP contribution in [0.3, 0.4) is 0 Å². The third-order valence-corrected chi connectivity index (χ3v) is 4.14. The minimum Gasteiger partial charge on any atom is -0.790 e. The fourth-order valence-corrected chi connectivity index (χ4v) is 2.87. The van der Waals surface area contributed by atoms with Crippen LogP contribution in [0, 0.1) is 0 Å². The second-order valence-corrected chi connectivity index (χ2v) is 6.53. The van der Waals surface area contributed by atoms with Gasteiger partial charge in [-0.1, -0.05) is 0 Å². The predicted octanol–water partition coefficient (Wildman–Crippen LogP) is -3.82. The summed E-state index contributed by atoms with van der Waals surface area (Å²) >= 11 is 0. The number of urea groups is 1. The normalized spacial score (nSPS) is 34.4. The highest BCUT2D eigenvalue weighted by Crippen LogP contribution is 2.31. The van der Waals surface area contributed by atoms with E-state index in [9.17, 15) is 38.9 Å². The molecule has 0 unspecified atom stereocenters. The first-order valence-electron chi connectivity index (χ1n) is 6.82. The number of ether oxygens (including phenoxy) is 1. The number of imide groups is 1. The molecule has 0 saturated carbocycles. The summed E-state index contributed by atoms with van der Waals surface area (Å²) in [5.74, 6) is -1.24. The zero-order valence-electron chi connectivity index (χ0n) is 12.4. The molecular weight excluding hydrogens is 351 g/mol. The van der Waals surface area contributed by atoms with E-state index in [2.05, 4.69) is 4.52 Å². The summed E-state index contributed by atoms with van der Waals surface area (Å²) in [5, 5.41) is 21.8. The van der Waals surface area contributed by atoms with Gasteiger partial charge in [-0.3, -0.25) is 19.8 Å². The van der Waals surface area contributed by atoms with Crippen LogP contribution in [-0.4, -0.2) is 70.0 Å². The summed E-state index contributed by atoms with van der Waals surface area (Å²) in [6, 6.07) is -2.23. The van der Waals surface area contributed by atoms with E-state index >= 15 is 0 Å². The zero-order valence-corrected chi connectivity index (χ0v) is 13.3. The number of nitrogens with zero attached hydrogens (tertiary/aromatic N) is 1. The molecule has 13 heteroatoms. The third kappa shape index (κ3) is 3.98. The van der Waals surface area contributed by atoms with Gasteiger partial charge in [0.05, 0.1) is 20.9 Å². The Kier molecular flexibility index (Phi) is 5.40. The average Bonchev–Trinajstić information content (AvgIpc) is 2.71. The van der Waals surface area contributed by atoms with Crippen LogP contribution in [0.5, 0.6) is 0 Å². The van der Waals surface area contributed by atoms with Gasteiger partial charge in [0.15, 0.2) is 12.0 Å². The van der Waals surface area contributed by atoms with Crippen LogP contribution in [0.2, 0.25) is 0 Å². The highest BCUT2D eigenvalue weighted by molar-refractivity contribution is 7.43. The molecular formula is C11H15N2O10P-2. The Morgan fingerprint density at radius 3 is 2.58 bits per heavy atom. The molecule has 0 aromatic rings. The van der Waals surface area contributed by atoms with Crippen molar-refractivity contribution in [3.05, 3.63) is 0 Å². The van der Waals surface area contributed by atoms with Gasteiger partial charge in [-0.15, -0.1) is 0 Å². The quantitative estimate of drug-likeness (QED) is 0.407. The summed E-state index contributed by atoms with van der Waals surface area (Å²) in [5.41, 5.74) is 0. The number of Topliss-reactive ketones (excluding diaryl/α,β-unsaturated/α-hetero) is 1. The maximum Gasteiger partial charge on any atom is 0.326 e. The molecule has 24 heavy (non-hydrogen) atoms. The SMILES string of the molecule is CC(=O)[C@H]1CC(=O)NC(=O)N1[C@@H]1O[C@H](COP(=O)([O-])[O-])[C@@H](O)[C@H]1O. The minimum absolute atomic E-state index is 0.360. The summed E-state index contributed by atoms with van der Waals surface area (Å²) in [7, 11) is -5.33. The molecule has 0 aromatic carbocycles. The molecule has 0 radical (unpaired) electrons. The third-order valence-electron chi connectivity index (χ3n) is 3.67. The van der Waals surface area contributed by atoms with Gasteiger partial charge in [0.2, 0.25) is 5.91 Å². The molecule has 0 bridgehead atoms. The van der Waals surface area contributed by atoms with Gasteiger partial charge in [-0.2, -0.15) is 0 Å². The lowest BCUT2D eigenvalue weighted by molar-refractivity contribution is -0.343. The Hall–Kier alpha value is -1.40. The first kappa shape index (κ1) is 18.9. The van der Waals surface area contributed by atoms with Crippen molar-refractivity contribution in [3.63, 3.8) is 0 Å².